The van der Waals surface area contributed by atoms with Crippen LogP contribution >= 0.6 is 0 Å². The number of fused-ring (bicyclic) bond motifs is 1. The van der Waals surface area contributed by atoms with E-state index in [0.29, 0.717) is 0 Å². The van der Waals surface area contributed by atoms with E-state index in [1.807, 2.05) is 0 Å². The minimum Gasteiger partial charge on any atom is -0.200 e. The first-order chi connectivity index (χ1) is 11.6. The molecule has 0 unspecified atom stereocenters. The maximum Gasteiger partial charge on any atom is 0.220 e. The molecule has 0 saturated heterocycles. The van der Waals surface area contributed by atoms with Crippen molar-refractivity contribution in [3.8, 4) is 11.3 Å². The topological polar surface area (TPSA) is 3.88 Å². The number of pyridine rings is 1. The molecule has 0 aliphatic heterocycles. The zero-order valence-corrected chi connectivity index (χ0v) is 15.0. The molecule has 0 spiro atoms. The van der Waals surface area contributed by atoms with Crippen LogP contribution in [0.1, 0.15) is 48.3 Å². The molecular formula is C23H26N+. The van der Waals surface area contributed by atoms with Crippen LogP contribution in [0, 0.1) is 13.8 Å². The molecule has 0 bridgehead atoms. The van der Waals surface area contributed by atoms with E-state index in [1.165, 1.54) is 64.4 Å². The van der Waals surface area contributed by atoms with Crippen molar-refractivity contribution in [2.24, 2.45) is 7.05 Å². The first-order valence-electron chi connectivity index (χ1n) is 9.13. The van der Waals surface area contributed by atoms with E-state index >= 15 is 0 Å². The highest BCUT2D eigenvalue weighted by Gasteiger charge is 2.20. The van der Waals surface area contributed by atoms with Gasteiger partial charge in [0.15, 0.2) is 6.20 Å². The van der Waals surface area contributed by atoms with Crippen molar-refractivity contribution in [1.82, 2.24) is 0 Å². The smallest absolute Gasteiger partial charge is 0.200 e. The highest BCUT2D eigenvalue weighted by atomic mass is 14.9. The van der Waals surface area contributed by atoms with Crippen LogP contribution in [-0.4, -0.2) is 0 Å². The van der Waals surface area contributed by atoms with Crippen LogP contribution in [0.4, 0.5) is 0 Å². The van der Waals surface area contributed by atoms with E-state index in [0.717, 1.165) is 5.92 Å². The number of benzene rings is 2. The van der Waals surface area contributed by atoms with Gasteiger partial charge in [-0.2, -0.15) is 0 Å². The number of rotatable bonds is 2. The van der Waals surface area contributed by atoms with E-state index in [1.54, 1.807) is 0 Å². The lowest BCUT2D eigenvalue weighted by molar-refractivity contribution is -0.659. The summed E-state index contributed by atoms with van der Waals surface area (Å²) in [5, 5.41) is 2.73. The second kappa shape index (κ2) is 6.05. The van der Waals surface area contributed by atoms with Crippen LogP contribution in [-0.2, 0) is 7.05 Å². The monoisotopic (exact) mass is 316 g/mol. The van der Waals surface area contributed by atoms with Gasteiger partial charge in [-0.3, -0.25) is 0 Å². The number of hydrogen-bond acceptors (Lipinski definition) is 0. The molecule has 1 aromatic heterocycles. The normalized spacial score (nSPS) is 15.3. The Balaban J connectivity index is 1.91. The molecule has 24 heavy (non-hydrogen) atoms. The van der Waals surface area contributed by atoms with Crippen LogP contribution in [0.3, 0.4) is 0 Å². The van der Waals surface area contributed by atoms with Gasteiger partial charge in [0.1, 0.15) is 7.05 Å². The molecule has 1 saturated carbocycles. The lowest BCUT2D eigenvalue weighted by Crippen LogP contribution is -2.30. The second-order valence-electron chi connectivity index (χ2n) is 7.42. The molecule has 1 heteroatoms. The first-order valence-corrected chi connectivity index (χ1v) is 9.13. The largest absolute Gasteiger partial charge is 0.220 e. The molecule has 122 valence electrons. The van der Waals surface area contributed by atoms with Crippen molar-refractivity contribution in [2.45, 2.75) is 45.4 Å². The average molecular weight is 316 g/mol. The fraction of sp³-hybridized carbons (Fsp3) is 0.348. The summed E-state index contributed by atoms with van der Waals surface area (Å²) >= 11 is 0. The molecule has 1 fully saturated rings. The molecule has 1 nitrogen and oxygen atoms in total. The van der Waals surface area contributed by atoms with Gasteiger partial charge < -0.3 is 0 Å². The predicted octanol–water partition coefficient (Wildman–Crippen LogP) is 5.61. The Morgan fingerprint density at radius 3 is 2.50 bits per heavy atom. The Morgan fingerprint density at radius 1 is 0.917 bits per heavy atom. The van der Waals surface area contributed by atoms with E-state index < -0.39 is 0 Å². The van der Waals surface area contributed by atoms with E-state index in [-0.39, 0.29) is 0 Å². The highest BCUT2D eigenvalue weighted by molar-refractivity contribution is 5.94. The van der Waals surface area contributed by atoms with Crippen molar-refractivity contribution in [2.75, 3.05) is 0 Å². The van der Waals surface area contributed by atoms with Crippen molar-refractivity contribution < 1.29 is 4.57 Å². The molecular weight excluding hydrogens is 290 g/mol. The molecule has 0 amide bonds. The van der Waals surface area contributed by atoms with Gasteiger partial charge >= 0.3 is 0 Å². The summed E-state index contributed by atoms with van der Waals surface area (Å²) in [6.07, 6.45) is 7.70. The molecule has 1 heterocycles. The van der Waals surface area contributed by atoms with Crippen molar-refractivity contribution >= 4 is 10.8 Å². The van der Waals surface area contributed by atoms with Gasteiger partial charge in [-0.1, -0.05) is 42.7 Å². The lowest BCUT2D eigenvalue weighted by Gasteiger charge is -2.12. The van der Waals surface area contributed by atoms with Gasteiger partial charge in [0.05, 0.1) is 5.39 Å². The fourth-order valence-corrected chi connectivity index (χ4v) is 4.23. The maximum absolute atomic E-state index is 2.43. The Kier molecular flexibility index (Phi) is 3.88. The van der Waals surface area contributed by atoms with Gasteiger partial charge in [-0.15, -0.1) is 0 Å². The van der Waals surface area contributed by atoms with Crippen LogP contribution in [0.5, 0.6) is 0 Å². The quantitative estimate of drug-likeness (QED) is 0.541. The van der Waals surface area contributed by atoms with Gasteiger partial charge in [0.25, 0.3) is 0 Å². The molecule has 2 aromatic carbocycles. The Hall–Kier alpha value is -2.15. The Labute approximate surface area is 145 Å². The highest BCUT2D eigenvalue weighted by Crippen LogP contribution is 2.36. The zero-order valence-electron chi connectivity index (χ0n) is 15.0. The summed E-state index contributed by atoms with van der Waals surface area (Å²) in [4.78, 5) is 0. The van der Waals surface area contributed by atoms with E-state index in [9.17, 15) is 0 Å². The molecule has 1 aliphatic rings. The minimum atomic E-state index is 0.771. The van der Waals surface area contributed by atoms with Gasteiger partial charge in [0.2, 0.25) is 5.69 Å². The zero-order chi connectivity index (χ0) is 16.7. The summed E-state index contributed by atoms with van der Waals surface area (Å²) in [6, 6.07) is 16.2. The summed E-state index contributed by atoms with van der Waals surface area (Å²) in [6.45, 7) is 4.38. The lowest BCUT2D eigenvalue weighted by atomic mass is 9.93. The van der Waals surface area contributed by atoms with Crippen molar-refractivity contribution in [3.63, 3.8) is 0 Å². The van der Waals surface area contributed by atoms with Gasteiger partial charge in [-0.25, -0.2) is 4.57 Å². The van der Waals surface area contributed by atoms with Crippen molar-refractivity contribution in [3.05, 3.63) is 65.4 Å². The van der Waals surface area contributed by atoms with E-state index in [2.05, 4.69) is 74.1 Å². The maximum atomic E-state index is 2.43. The number of nitrogens with zero attached hydrogens (tertiary/aromatic N) is 1. The molecule has 1 aliphatic carbocycles. The molecule has 3 aromatic rings. The van der Waals surface area contributed by atoms with Crippen LogP contribution < -0.4 is 4.57 Å². The molecule has 0 atom stereocenters. The van der Waals surface area contributed by atoms with Gasteiger partial charge in [0, 0.05) is 11.6 Å². The van der Waals surface area contributed by atoms with Crippen LogP contribution in [0.15, 0.2) is 48.7 Å². The first kappa shape index (κ1) is 15.4. The predicted molar refractivity (Wildman–Crippen MR) is 101 cm³/mol. The molecule has 0 radical (unpaired) electrons. The van der Waals surface area contributed by atoms with E-state index in [4.69, 9.17) is 0 Å². The Bertz CT molecular complexity index is 901. The standard InChI is InChI=1S/C23H26N/c1-16-8-9-17(2)22(14-16)23-21-11-10-19(18-6-4-5-7-18)15-20(21)12-13-24(23)3/h8-15,18H,4-7H2,1-3H3/q+1. The second-order valence-corrected chi connectivity index (χ2v) is 7.42. The summed E-state index contributed by atoms with van der Waals surface area (Å²) in [5.41, 5.74) is 6.85. The number of hydrogen-bond donors (Lipinski definition) is 0. The average Bonchev–Trinajstić information content (AvgIpc) is 3.11. The van der Waals surface area contributed by atoms with Crippen molar-refractivity contribution in [1.29, 1.82) is 0 Å². The molecule has 4 rings (SSSR count). The Morgan fingerprint density at radius 2 is 1.71 bits per heavy atom. The summed E-state index contributed by atoms with van der Waals surface area (Å²) in [5.74, 6) is 0.771. The summed E-state index contributed by atoms with van der Waals surface area (Å²) in [7, 11) is 2.15. The SMILES string of the molecule is Cc1ccc(C)c(-c2c3ccc(C4CCCC4)cc3cc[n+]2C)c1. The third-order valence-electron chi connectivity index (χ3n) is 5.64. The number of aryl methyl sites for hydroxylation is 3. The van der Waals surface area contributed by atoms with Gasteiger partial charge in [-0.05, 0) is 61.3 Å². The van der Waals surface area contributed by atoms with Crippen LogP contribution in [0.25, 0.3) is 22.0 Å². The fourth-order valence-electron chi connectivity index (χ4n) is 4.23. The molecule has 0 N–H and O–H groups in total. The third-order valence-corrected chi connectivity index (χ3v) is 5.64. The minimum absolute atomic E-state index is 0.771. The summed E-state index contributed by atoms with van der Waals surface area (Å²) < 4.78 is 2.26. The number of aromatic nitrogens is 1. The third kappa shape index (κ3) is 2.62. The van der Waals surface area contributed by atoms with Crippen LogP contribution in [0.2, 0.25) is 0 Å².